The Morgan fingerprint density at radius 2 is 1.15 bits per heavy atom. The summed E-state index contributed by atoms with van der Waals surface area (Å²) < 4.78 is 32.8. The van der Waals surface area contributed by atoms with Crippen molar-refractivity contribution in [1.82, 2.24) is 4.98 Å². The smallest absolute Gasteiger partial charge is 0.213 e. The predicted molar refractivity (Wildman–Crippen MR) is 98.6 cm³/mol. The highest BCUT2D eigenvalue weighted by Crippen LogP contribution is 2.11. The second kappa shape index (κ2) is 17.6. The van der Waals surface area contributed by atoms with Crippen LogP contribution in [-0.4, -0.2) is 89.4 Å². The van der Waals surface area contributed by atoms with E-state index in [0.717, 1.165) is 4.47 Å². The van der Waals surface area contributed by atoms with Gasteiger partial charge in [0.25, 0.3) is 0 Å². The number of aliphatic hydroxyl groups is 1. The molecule has 8 nitrogen and oxygen atoms in total. The fraction of sp³-hybridized carbons (Fsp3) is 0.706. The maximum Gasteiger partial charge on any atom is 0.213 e. The number of hydrogen-bond donors (Lipinski definition) is 1. The number of rotatable bonds is 18. The Morgan fingerprint density at radius 1 is 0.692 bits per heavy atom. The standard InChI is InChI=1S/C17H28BrNO7/c18-16-1-2-17(19-15-16)26-14-13-25-12-11-24-10-9-23-8-7-22-6-5-21-4-3-20/h1-2,15,20H,3-14H2. The molecule has 0 fully saturated rings. The third kappa shape index (κ3) is 14.4. The van der Waals surface area contributed by atoms with Crippen LogP contribution in [0.25, 0.3) is 0 Å². The van der Waals surface area contributed by atoms with Gasteiger partial charge in [-0.2, -0.15) is 0 Å². The van der Waals surface area contributed by atoms with Gasteiger partial charge in [-0.15, -0.1) is 0 Å². The van der Waals surface area contributed by atoms with Crippen LogP contribution in [0, 0.1) is 0 Å². The van der Waals surface area contributed by atoms with Crippen molar-refractivity contribution in [2.45, 2.75) is 0 Å². The van der Waals surface area contributed by atoms with Gasteiger partial charge in [-0.05, 0) is 22.0 Å². The van der Waals surface area contributed by atoms with E-state index in [1.54, 1.807) is 12.3 Å². The molecule has 26 heavy (non-hydrogen) atoms. The van der Waals surface area contributed by atoms with E-state index in [4.69, 9.17) is 33.5 Å². The summed E-state index contributed by atoms with van der Waals surface area (Å²) in [6.45, 7) is 5.37. The van der Waals surface area contributed by atoms with E-state index >= 15 is 0 Å². The minimum atomic E-state index is 0.0331. The maximum atomic E-state index is 8.52. The number of halogens is 1. The molecule has 0 saturated heterocycles. The number of ether oxygens (including phenoxy) is 6. The Bertz CT molecular complexity index is 422. The number of aromatic nitrogens is 1. The topological polar surface area (TPSA) is 88.5 Å². The molecule has 0 unspecified atom stereocenters. The third-order valence-corrected chi connectivity index (χ3v) is 3.37. The number of hydrogen-bond acceptors (Lipinski definition) is 8. The van der Waals surface area contributed by atoms with Crippen LogP contribution < -0.4 is 4.74 Å². The summed E-state index contributed by atoms with van der Waals surface area (Å²) in [7, 11) is 0. The van der Waals surface area contributed by atoms with E-state index in [1.807, 2.05) is 6.07 Å². The summed E-state index contributed by atoms with van der Waals surface area (Å²) in [6.07, 6.45) is 1.69. The first-order valence-corrected chi connectivity index (χ1v) is 9.36. The lowest BCUT2D eigenvalue weighted by atomic mass is 10.5. The molecule has 0 aliphatic carbocycles. The largest absolute Gasteiger partial charge is 0.475 e. The molecular formula is C17H28BrNO7. The molecular weight excluding hydrogens is 410 g/mol. The summed E-state index contributed by atoms with van der Waals surface area (Å²) in [5.41, 5.74) is 0. The first kappa shape index (κ1) is 23.2. The van der Waals surface area contributed by atoms with Crippen LogP contribution in [0.15, 0.2) is 22.8 Å². The van der Waals surface area contributed by atoms with E-state index in [0.29, 0.717) is 78.6 Å². The monoisotopic (exact) mass is 437 g/mol. The Kier molecular flexibility index (Phi) is 15.7. The molecule has 150 valence electrons. The molecule has 1 aromatic rings. The molecule has 0 amide bonds. The molecule has 0 aliphatic rings. The number of nitrogens with zero attached hydrogens (tertiary/aromatic N) is 1. The second-order valence-corrected chi connectivity index (χ2v) is 5.86. The zero-order valence-corrected chi connectivity index (χ0v) is 16.5. The fourth-order valence-electron chi connectivity index (χ4n) is 1.70. The van der Waals surface area contributed by atoms with Crippen molar-refractivity contribution in [2.75, 3.05) is 79.3 Å². The Morgan fingerprint density at radius 3 is 1.58 bits per heavy atom. The van der Waals surface area contributed by atoms with Gasteiger partial charge in [-0.25, -0.2) is 4.98 Å². The van der Waals surface area contributed by atoms with E-state index in [9.17, 15) is 0 Å². The minimum absolute atomic E-state index is 0.0331. The SMILES string of the molecule is OCCOCCOCCOCCOCCOCCOc1ccc(Br)cn1. The van der Waals surface area contributed by atoms with Gasteiger partial charge in [0.2, 0.25) is 5.88 Å². The summed E-state index contributed by atoms with van der Waals surface area (Å²) >= 11 is 3.32. The molecule has 1 rings (SSSR count). The maximum absolute atomic E-state index is 8.52. The average molecular weight is 438 g/mol. The number of pyridine rings is 1. The van der Waals surface area contributed by atoms with Crippen LogP contribution in [0.1, 0.15) is 0 Å². The molecule has 0 atom stereocenters. The third-order valence-electron chi connectivity index (χ3n) is 2.90. The molecule has 0 radical (unpaired) electrons. The fourth-order valence-corrected chi connectivity index (χ4v) is 1.93. The van der Waals surface area contributed by atoms with Crippen molar-refractivity contribution >= 4 is 15.9 Å². The van der Waals surface area contributed by atoms with Crippen molar-refractivity contribution in [3.05, 3.63) is 22.8 Å². The van der Waals surface area contributed by atoms with Gasteiger partial charge in [0.1, 0.15) is 6.61 Å². The zero-order valence-electron chi connectivity index (χ0n) is 14.9. The Labute approximate surface area is 162 Å². The van der Waals surface area contributed by atoms with Gasteiger partial charge in [0.15, 0.2) is 0 Å². The molecule has 0 aliphatic heterocycles. The first-order valence-electron chi connectivity index (χ1n) is 8.57. The van der Waals surface area contributed by atoms with Crippen molar-refractivity contribution in [2.24, 2.45) is 0 Å². The van der Waals surface area contributed by atoms with Crippen LogP contribution in [0.2, 0.25) is 0 Å². The van der Waals surface area contributed by atoms with E-state index in [1.165, 1.54) is 0 Å². The van der Waals surface area contributed by atoms with E-state index in [2.05, 4.69) is 20.9 Å². The molecule has 9 heteroatoms. The van der Waals surface area contributed by atoms with Crippen molar-refractivity contribution in [3.8, 4) is 5.88 Å². The minimum Gasteiger partial charge on any atom is -0.475 e. The van der Waals surface area contributed by atoms with Gasteiger partial charge in [0.05, 0.1) is 72.7 Å². The molecule has 0 spiro atoms. The van der Waals surface area contributed by atoms with Gasteiger partial charge in [-0.1, -0.05) is 0 Å². The number of aliphatic hydroxyl groups excluding tert-OH is 1. The van der Waals surface area contributed by atoms with Gasteiger partial charge < -0.3 is 33.5 Å². The summed E-state index contributed by atoms with van der Waals surface area (Å²) in [5.74, 6) is 0.576. The normalized spacial score (nSPS) is 11.0. The molecule has 0 bridgehead atoms. The average Bonchev–Trinajstić information content (AvgIpc) is 2.66. The molecule has 1 aromatic heterocycles. The van der Waals surface area contributed by atoms with E-state index in [-0.39, 0.29) is 6.61 Å². The van der Waals surface area contributed by atoms with Gasteiger partial charge in [-0.3, -0.25) is 0 Å². The van der Waals surface area contributed by atoms with Gasteiger partial charge in [0, 0.05) is 16.7 Å². The highest BCUT2D eigenvalue weighted by Gasteiger charge is 1.96. The summed E-state index contributed by atoms with van der Waals surface area (Å²) in [6, 6.07) is 3.67. The lowest BCUT2D eigenvalue weighted by molar-refractivity contribution is -0.0147. The van der Waals surface area contributed by atoms with Crippen LogP contribution in [-0.2, 0) is 23.7 Å². The Hall–Kier alpha value is -0.810. The highest BCUT2D eigenvalue weighted by atomic mass is 79.9. The second-order valence-electron chi connectivity index (χ2n) is 4.95. The van der Waals surface area contributed by atoms with Crippen molar-refractivity contribution < 1.29 is 33.5 Å². The van der Waals surface area contributed by atoms with Crippen LogP contribution in [0.4, 0.5) is 0 Å². The van der Waals surface area contributed by atoms with Crippen molar-refractivity contribution in [1.29, 1.82) is 0 Å². The quantitative estimate of drug-likeness (QED) is 0.343. The zero-order chi connectivity index (χ0) is 18.7. The summed E-state index contributed by atoms with van der Waals surface area (Å²) in [5, 5.41) is 8.52. The van der Waals surface area contributed by atoms with Crippen LogP contribution >= 0.6 is 15.9 Å². The van der Waals surface area contributed by atoms with E-state index < -0.39 is 0 Å². The molecule has 0 saturated carbocycles. The lowest BCUT2D eigenvalue weighted by Gasteiger charge is -2.08. The molecule has 1 N–H and O–H groups in total. The molecule has 0 aromatic carbocycles. The van der Waals surface area contributed by atoms with Gasteiger partial charge >= 0.3 is 0 Å². The Balaban J connectivity index is 1.72. The first-order chi connectivity index (χ1) is 12.8. The predicted octanol–water partition coefficient (Wildman–Crippen LogP) is 1.30. The summed E-state index contributed by atoms with van der Waals surface area (Å²) in [4.78, 5) is 4.10. The highest BCUT2D eigenvalue weighted by molar-refractivity contribution is 9.10. The van der Waals surface area contributed by atoms with Crippen LogP contribution in [0.3, 0.4) is 0 Å². The molecule has 1 heterocycles. The van der Waals surface area contributed by atoms with Crippen LogP contribution in [0.5, 0.6) is 5.88 Å². The van der Waals surface area contributed by atoms with Crippen molar-refractivity contribution in [3.63, 3.8) is 0 Å². The lowest BCUT2D eigenvalue weighted by Crippen LogP contribution is -2.14.